The Morgan fingerprint density at radius 2 is 2.07 bits per heavy atom. The van der Waals surface area contributed by atoms with Gasteiger partial charge in [-0.2, -0.15) is 4.98 Å². The van der Waals surface area contributed by atoms with E-state index in [0.29, 0.717) is 0 Å². The number of esters is 1. The number of nitrogens with two attached hydrogens (primary N) is 1. The number of aliphatic hydroxyl groups excluding tert-OH is 2. The lowest BCUT2D eigenvalue weighted by atomic mass is 9.84. The second-order valence-electron chi connectivity index (χ2n) is 6.58. The molecule has 12 heteroatoms. The molecule has 160 valence electrons. The maximum atomic E-state index is 13.1. The summed E-state index contributed by atoms with van der Waals surface area (Å²) < 4.78 is 11.7. The van der Waals surface area contributed by atoms with Gasteiger partial charge in [0.2, 0.25) is 0 Å². The van der Waals surface area contributed by atoms with Crippen molar-refractivity contribution < 1.29 is 29.4 Å². The third kappa shape index (κ3) is 3.40. The zero-order valence-electron chi connectivity index (χ0n) is 15.9. The third-order valence-corrected chi connectivity index (χ3v) is 4.87. The second kappa shape index (κ2) is 8.18. The minimum Gasteiger partial charge on any atom is -0.462 e. The van der Waals surface area contributed by atoms with E-state index >= 15 is 0 Å². The van der Waals surface area contributed by atoms with Crippen LogP contribution >= 0.6 is 0 Å². The lowest BCUT2D eigenvalue weighted by molar-refractivity contribution is -0.384. The largest absolute Gasteiger partial charge is 0.462 e. The fourth-order valence-corrected chi connectivity index (χ4v) is 3.58. The van der Waals surface area contributed by atoms with Gasteiger partial charge in [-0.3, -0.25) is 14.7 Å². The van der Waals surface area contributed by atoms with Crippen molar-refractivity contribution in [1.29, 1.82) is 0 Å². The van der Waals surface area contributed by atoms with E-state index in [2.05, 4.69) is 4.98 Å². The van der Waals surface area contributed by atoms with Gasteiger partial charge in [0, 0.05) is 18.3 Å². The zero-order chi connectivity index (χ0) is 22.1. The molecule has 1 aromatic carbocycles. The maximum Gasteiger partial charge on any atom is 0.361 e. The van der Waals surface area contributed by atoms with Crippen LogP contribution in [0.1, 0.15) is 18.4 Å². The van der Waals surface area contributed by atoms with Crippen LogP contribution in [-0.4, -0.2) is 56.1 Å². The van der Waals surface area contributed by atoms with Gasteiger partial charge in [0.25, 0.3) is 11.4 Å². The van der Waals surface area contributed by atoms with Gasteiger partial charge in [-0.15, -0.1) is 0 Å². The summed E-state index contributed by atoms with van der Waals surface area (Å²) in [5.74, 6) is -2.35. The molecule has 30 heavy (non-hydrogen) atoms. The number of nitro groups is 1. The molecule has 2 aromatic rings. The Labute approximate surface area is 169 Å². The number of carbonyl (C=O) groups is 1. The van der Waals surface area contributed by atoms with Gasteiger partial charge in [-0.05, 0) is 18.6 Å². The highest BCUT2D eigenvalue weighted by molar-refractivity contribution is 5.79. The number of ether oxygens (including phenoxy) is 2. The summed E-state index contributed by atoms with van der Waals surface area (Å²) in [6, 6.07) is 6.30. The fourth-order valence-electron chi connectivity index (χ4n) is 3.58. The van der Waals surface area contributed by atoms with E-state index in [4.69, 9.17) is 15.2 Å². The third-order valence-electron chi connectivity index (χ3n) is 4.87. The Morgan fingerprint density at radius 1 is 1.40 bits per heavy atom. The summed E-state index contributed by atoms with van der Waals surface area (Å²) in [5, 5.41) is 31.5. The van der Waals surface area contributed by atoms with Crippen molar-refractivity contribution >= 4 is 17.5 Å². The lowest BCUT2D eigenvalue weighted by Gasteiger charge is -2.34. The molecule has 0 amide bonds. The number of carbonyl (C=O) groups excluding carboxylic acids is 1. The number of hydrogen-bond acceptors (Lipinski definition) is 10. The van der Waals surface area contributed by atoms with Gasteiger partial charge < -0.3 is 25.4 Å². The van der Waals surface area contributed by atoms with Crippen LogP contribution in [0, 0.1) is 10.1 Å². The number of anilines is 1. The van der Waals surface area contributed by atoms with Gasteiger partial charge >= 0.3 is 11.7 Å². The fraction of sp³-hybridized carbons (Fsp3) is 0.389. The van der Waals surface area contributed by atoms with E-state index in [1.807, 2.05) is 0 Å². The topological polar surface area (TPSA) is 180 Å². The molecule has 0 radical (unpaired) electrons. The Bertz CT molecular complexity index is 1010. The Morgan fingerprint density at radius 3 is 2.60 bits per heavy atom. The number of hydrogen-bond donors (Lipinski definition) is 3. The van der Waals surface area contributed by atoms with E-state index < -0.39 is 47.0 Å². The molecule has 2 heterocycles. The molecule has 0 spiro atoms. The van der Waals surface area contributed by atoms with E-state index in [0.717, 1.165) is 4.57 Å². The van der Waals surface area contributed by atoms with Crippen LogP contribution in [0.4, 0.5) is 11.5 Å². The highest BCUT2D eigenvalue weighted by atomic mass is 16.6. The van der Waals surface area contributed by atoms with E-state index in [-0.39, 0.29) is 23.7 Å². The molecule has 12 nitrogen and oxygen atoms in total. The van der Waals surface area contributed by atoms with Crippen LogP contribution in [0.15, 0.2) is 41.3 Å². The summed E-state index contributed by atoms with van der Waals surface area (Å²) in [5.41, 5.74) is 2.41. The minimum atomic E-state index is -2.23. The minimum absolute atomic E-state index is 0.0615. The summed E-state index contributed by atoms with van der Waals surface area (Å²) >= 11 is 0. The quantitative estimate of drug-likeness (QED) is 0.313. The first-order chi connectivity index (χ1) is 14.3. The van der Waals surface area contributed by atoms with Crippen molar-refractivity contribution in [2.24, 2.45) is 0 Å². The smallest absolute Gasteiger partial charge is 0.361 e. The number of benzene rings is 1. The first kappa shape index (κ1) is 21.4. The van der Waals surface area contributed by atoms with Crippen LogP contribution in [0.2, 0.25) is 0 Å². The Kier molecular flexibility index (Phi) is 5.82. The molecule has 1 aliphatic heterocycles. The first-order valence-corrected chi connectivity index (χ1v) is 9.00. The normalized spacial score (nSPS) is 25.8. The van der Waals surface area contributed by atoms with Crippen molar-refractivity contribution in [2.75, 3.05) is 18.9 Å². The monoisotopic (exact) mass is 420 g/mol. The van der Waals surface area contributed by atoms with Gasteiger partial charge in [-0.25, -0.2) is 9.59 Å². The molecule has 0 aliphatic carbocycles. The number of non-ortho nitro benzene ring substituents is 1. The number of nitrogen functional groups attached to an aromatic ring is 1. The lowest BCUT2D eigenvalue weighted by Crippen LogP contribution is -2.53. The predicted molar refractivity (Wildman–Crippen MR) is 101 cm³/mol. The van der Waals surface area contributed by atoms with Crippen molar-refractivity contribution in [3.05, 3.63) is 62.7 Å². The molecule has 1 fully saturated rings. The van der Waals surface area contributed by atoms with Crippen molar-refractivity contribution in [3.63, 3.8) is 0 Å². The predicted octanol–water partition coefficient (Wildman–Crippen LogP) is -0.515. The van der Waals surface area contributed by atoms with Gasteiger partial charge in [0.1, 0.15) is 11.9 Å². The number of nitro benzene ring substituents is 1. The zero-order valence-corrected chi connectivity index (χ0v) is 15.9. The Balaban J connectivity index is 2.26. The average molecular weight is 420 g/mol. The highest BCUT2D eigenvalue weighted by Crippen LogP contribution is 2.47. The van der Waals surface area contributed by atoms with Crippen molar-refractivity contribution in [2.45, 2.75) is 30.8 Å². The number of aliphatic hydroxyl groups is 2. The SMILES string of the molecule is CCOC(=O)[C@@]1(n2ccc(N)nc2=O)O[C@H](CO)[C@@H](O)[C@H]1c1ccc([N+](=O)[O-])cc1. The average Bonchev–Trinajstić information content (AvgIpc) is 3.01. The van der Waals surface area contributed by atoms with E-state index in [1.54, 1.807) is 6.92 Å². The number of nitrogens with zero attached hydrogens (tertiary/aromatic N) is 3. The summed E-state index contributed by atoms with van der Waals surface area (Å²) in [6.45, 7) is 0.822. The maximum absolute atomic E-state index is 13.1. The standard InChI is InChI=1S/C18H20N4O8/c1-2-29-16(25)18(21-8-7-13(19)20-17(21)26)14(15(24)12(9-23)30-18)10-3-5-11(6-4-10)22(27)28/h3-8,12,14-15,23-24H,2,9H2,1H3,(H2,19,20,26)/t12-,14-,15-,18+/m1/s1. The van der Waals surface area contributed by atoms with Gasteiger partial charge in [0.05, 0.1) is 30.2 Å². The molecule has 0 bridgehead atoms. The van der Waals surface area contributed by atoms with Crippen LogP contribution < -0.4 is 11.4 Å². The molecular weight excluding hydrogens is 400 g/mol. The number of aromatic nitrogens is 2. The van der Waals surface area contributed by atoms with Crippen molar-refractivity contribution in [1.82, 2.24) is 9.55 Å². The van der Waals surface area contributed by atoms with Crippen LogP contribution in [0.5, 0.6) is 0 Å². The molecule has 4 atom stereocenters. The molecule has 4 N–H and O–H groups in total. The van der Waals surface area contributed by atoms with Gasteiger partial charge in [-0.1, -0.05) is 12.1 Å². The molecule has 3 rings (SSSR count). The van der Waals surface area contributed by atoms with E-state index in [9.17, 15) is 29.9 Å². The van der Waals surface area contributed by atoms with Crippen LogP contribution in [0.3, 0.4) is 0 Å². The summed E-state index contributed by atoms with van der Waals surface area (Å²) in [7, 11) is 0. The first-order valence-electron chi connectivity index (χ1n) is 9.00. The summed E-state index contributed by atoms with van der Waals surface area (Å²) in [6.07, 6.45) is -1.53. The molecular formula is C18H20N4O8. The molecule has 1 aliphatic rings. The molecule has 1 saturated heterocycles. The van der Waals surface area contributed by atoms with Crippen molar-refractivity contribution in [3.8, 4) is 0 Å². The molecule has 0 saturated carbocycles. The van der Waals surface area contributed by atoms with E-state index in [1.165, 1.54) is 36.5 Å². The Hall–Kier alpha value is -3.35. The molecule has 1 aromatic heterocycles. The highest BCUT2D eigenvalue weighted by Gasteiger charge is 2.62. The molecule has 0 unspecified atom stereocenters. The summed E-state index contributed by atoms with van der Waals surface area (Å²) in [4.78, 5) is 39.7. The van der Waals surface area contributed by atoms with Crippen LogP contribution in [0.25, 0.3) is 0 Å². The van der Waals surface area contributed by atoms with Gasteiger partial charge in [0.15, 0.2) is 0 Å². The second-order valence-corrected chi connectivity index (χ2v) is 6.58. The van der Waals surface area contributed by atoms with Crippen LogP contribution in [-0.2, 0) is 20.0 Å². The number of rotatable bonds is 6.